The van der Waals surface area contributed by atoms with Crippen molar-refractivity contribution < 1.29 is 9.90 Å². The molecule has 0 spiro atoms. The maximum absolute atomic E-state index is 11.8. The van der Waals surface area contributed by atoms with Crippen molar-refractivity contribution in [3.63, 3.8) is 0 Å². The van der Waals surface area contributed by atoms with Crippen molar-refractivity contribution in [3.8, 4) is 5.75 Å². The number of carbonyl (C=O) groups is 1. The van der Waals surface area contributed by atoms with E-state index in [1.807, 2.05) is 5.38 Å². The Morgan fingerprint density at radius 2 is 2.15 bits per heavy atom. The molecule has 0 aliphatic rings. The Morgan fingerprint density at radius 1 is 1.40 bits per heavy atom. The van der Waals surface area contributed by atoms with Gasteiger partial charge in [-0.15, -0.1) is 11.3 Å². The number of thiazole rings is 1. The molecule has 20 heavy (non-hydrogen) atoms. The van der Waals surface area contributed by atoms with E-state index in [0.29, 0.717) is 19.4 Å². The zero-order valence-corrected chi connectivity index (χ0v) is 11.8. The molecule has 0 aliphatic carbocycles. The summed E-state index contributed by atoms with van der Waals surface area (Å²) >= 11 is 1.54. The molecule has 0 saturated heterocycles. The molecule has 0 bridgehead atoms. The lowest BCUT2D eigenvalue weighted by molar-refractivity contribution is -0.122. The maximum Gasteiger partial charge on any atom is 0.237 e. The van der Waals surface area contributed by atoms with Crippen LogP contribution in [0, 0.1) is 0 Å². The van der Waals surface area contributed by atoms with Crippen molar-refractivity contribution in [2.24, 2.45) is 5.73 Å². The molecule has 106 valence electrons. The standard InChI is InChI=1S/C14H17N3O2S/c15-13(7-10-1-3-12(18)4-2-10)14(19)16-6-5-11-8-20-9-17-11/h1-4,8-9,13,18H,5-7,15H2,(H,16,19). The zero-order valence-electron chi connectivity index (χ0n) is 11.0. The third kappa shape index (κ3) is 4.32. The minimum atomic E-state index is -0.588. The maximum atomic E-state index is 11.8. The number of phenolic OH excluding ortho intramolecular Hbond substituents is 1. The predicted octanol–water partition coefficient (Wildman–Crippen LogP) is 1.08. The van der Waals surface area contributed by atoms with Gasteiger partial charge >= 0.3 is 0 Å². The fourth-order valence-corrected chi connectivity index (χ4v) is 2.38. The summed E-state index contributed by atoms with van der Waals surface area (Å²) < 4.78 is 0. The summed E-state index contributed by atoms with van der Waals surface area (Å²) in [5.74, 6) is 0.0309. The number of hydrogen-bond donors (Lipinski definition) is 3. The highest BCUT2D eigenvalue weighted by Gasteiger charge is 2.13. The summed E-state index contributed by atoms with van der Waals surface area (Å²) in [6.45, 7) is 0.534. The SMILES string of the molecule is NC(Cc1ccc(O)cc1)C(=O)NCCc1cscn1. The van der Waals surface area contributed by atoms with Gasteiger partial charge in [-0.2, -0.15) is 0 Å². The minimum Gasteiger partial charge on any atom is -0.508 e. The molecule has 2 rings (SSSR count). The summed E-state index contributed by atoms with van der Waals surface area (Å²) in [5, 5.41) is 14.0. The van der Waals surface area contributed by atoms with Crippen molar-refractivity contribution in [3.05, 3.63) is 46.4 Å². The molecule has 1 aromatic heterocycles. The van der Waals surface area contributed by atoms with Gasteiger partial charge in [0.05, 0.1) is 17.2 Å². The number of rotatable bonds is 6. The summed E-state index contributed by atoms with van der Waals surface area (Å²) in [6, 6.07) is 6.11. The van der Waals surface area contributed by atoms with Crippen LogP contribution in [0.1, 0.15) is 11.3 Å². The first-order valence-electron chi connectivity index (χ1n) is 6.33. The predicted molar refractivity (Wildman–Crippen MR) is 78.6 cm³/mol. The molecule has 1 amide bonds. The fraction of sp³-hybridized carbons (Fsp3) is 0.286. The van der Waals surface area contributed by atoms with E-state index in [1.54, 1.807) is 29.8 Å². The molecule has 0 saturated carbocycles. The molecule has 2 aromatic rings. The molecule has 1 aromatic carbocycles. The lowest BCUT2D eigenvalue weighted by atomic mass is 10.1. The van der Waals surface area contributed by atoms with Gasteiger partial charge < -0.3 is 16.2 Å². The van der Waals surface area contributed by atoms with Gasteiger partial charge in [0.1, 0.15) is 5.75 Å². The van der Waals surface area contributed by atoms with Crippen LogP contribution in [0.4, 0.5) is 0 Å². The summed E-state index contributed by atoms with van der Waals surface area (Å²) in [5.41, 5.74) is 9.53. The number of nitrogens with zero attached hydrogens (tertiary/aromatic N) is 1. The first-order chi connectivity index (χ1) is 9.65. The smallest absolute Gasteiger partial charge is 0.237 e. The Hall–Kier alpha value is -1.92. The number of aromatic nitrogens is 1. The monoisotopic (exact) mass is 291 g/mol. The van der Waals surface area contributed by atoms with E-state index < -0.39 is 6.04 Å². The van der Waals surface area contributed by atoms with Gasteiger partial charge in [-0.3, -0.25) is 4.79 Å². The number of hydrogen-bond acceptors (Lipinski definition) is 5. The third-order valence-corrected chi connectivity index (χ3v) is 3.53. The molecule has 1 heterocycles. The lowest BCUT2D eigenvalue weighted by Gasteiger charge is -2.12. The molecular formula is C14H17N3O2S. The van der Waals surface area contributed by atoms with Crippen LogP contribution < -0.4 is 11.1 Å². The van der Waals surface area contributed by atoms with Gasteiger partial charge in [-0.1, -0.05) is 12.1 Å². The zero-order chi connectivity index (χ0) is 14.4. The molecular weight excluding hydrogens is 274 g/mol. The number of benzene rings is 1. The van der Waals surface area contributed by atoms with Crippen LogP contribution in [-0.4, -0.2) is 28.6 Å². The summed E-state index contributed by atoms with van der Waals surface area (Å²) in [6.07, 6.45) is 1.16. The largest absolute Gasteiger partial charge is 0.508 e. The normalized spacial score (nSPS) is 12.1. The van der Waals surface area contributed by atoms with E-state index in [9.17, 15) is 9.90 Å². The Labute approximate surface area is 121 Å². The van der Waals surface area contributed by atoms with Crippen LogP contribution in [0.3, 0.4) is 0 Å². The van der Waals surface area contributed by atoms with Crippen LogP contribution >= 0.6 is 11.3 Å². The molecule has 0 fully saturated rings. The molecule has 0 aliphatic heterocycles. The van der Waals surface area contributed by atoms with Crippen LogP contribution in [0.5, 0.6) is 5.75 Å². The third-order valence-electron chi connectivity index (χ3n) is 2.89. The van der Waals surface area contributed by atoms with Crippen LogP contribution in [0.25, 0.3) is 0 Å². The molecule has 4 N–H and O–H groups in total. The number of amides is 1. The summed E-state index contributed by atoms with van der Waals surface area (Å²) in [7, 11) is 0. The average molecular weight is 291 g/mol. The average Bonchev–Trinajstić information content (AvgIpc) is 2.94. The molecule has 1 atom stereocenters. The highest BCUT2D eigenvalue weighted by molar-refractivity contribution is 7.07. The Kier molecular flexibility index (Phi) is 5.09. The van der Waals surface area contributed by atoms with Gasteiger partial charge in [-0.05, 0) is 24.1 Å². The number of phenols is 1. The topological polar surface area (TPSA) is 88.2 Å². The van der Waals surface area contributed by atoms with Gasteiger partial charge in [0, 0.05) is 18.3 Å². The van der Waals surface area contributed by atoms with Gasteiger partial charge in [0.15, 0.2) is 0 Å². The minimum absolute atomic E-state index is 0.173. The van der Waals surface area contributed by atoms with Gasteiger partial charge in [0.2, 0.25) is 5.91 Å². The van der Waals surface area contributed by atoms with E-state index in [2.05, 4.69) is 10.3 Å². The molecule has 6 heteroatoms. The van der Waals surface area contributed by atoms with E-state index in [1.165, 1.54) is 11.3 Å². The first-order valence-corrected chi connectivity index (χ1v) is 7.27. The lowest BCUT2D eigenvalue weighted by Crippen LogP contribution is -2.42. The van der Waals surface area contributed by atoms with Crippen molar-refractivity contribution >= 4 is 17.2 Å². The molecule has 1 unspecified atom stereocenters. The summed E-state index contributed by atoms with van der Waals surface area (Å²) in [4.78, 5) is 16.0. The second-order valence-corrected chi connectivity index (χ2v) is 5.22. The van der Waals surface area contributed by atoms with Crippen LogP contribution in [-0.2, 0) is 17.6 Å². The van der Waals surface area contributed by atoms with Gasteiger partial charge in [0.25, 0.3) is 0 Å². The van der Waals surface area contributed by atoms with Crippen molar-refractivity contribution in [1.29, 1.82) is 0 Å². The highest BCUT2D eigenvalue weighted by atomic mass is 32.1. The van der Waals surface area contributed by atoms with E-state index >= 15 is 0 Å². The van der Waals surface area contributed by atoms with E-state index in [4.69, 9.17) is 5.73 Å². The molecule has 0 radical (unpaired) electrons. The number of carbonyl (C=O) groups excluding carboxylic acids is 1. The number of aromatic hydroxyl groups is 1. The van der Waals surface area contributed by atoms with E-state index in [0.717, 1.165) is 11.3 Å². The van der Waals surface area contributed by atoms with E-state index in [-0.39, 0.29) is 11.7 Å². The molecule has 5 nitrogen and oxygen atoms in total. The first kappa shape index (κ1) is 14.5. The quantitative estimate of drug-likeness (QED) is 0.743. The second kappa shape index (κ2) is 7.02. The Bertz CT molecular complexity index is 540. The van der Waals surface area contributed by atoms with Crippen molar-refractivity contribution in [2.45, 2.75) is 18.9 Å². The fourth-order valence-electron chi connectivity index (χ4n) is 1.78. The van der Waals surface area contributed by atoms with Crippen molar-refractivity contribution in [1.82, 2.24) is 10.3 Å². The Balaban J connectivity index is 1.75. The van der Waals surface area contributed by atoms with Crippen LogP contribution in [0.15, 0.2) is 35.2 Å². The van der Waals surface area contributed by atoms with Crippen LogP contribution in [0.2, 0.25) is 0 Å². The number of nitrogens with two attached hydrogens (primary N) is 1. The number of nitrogens with one attached hydrogen (secondary N) is 1. The Morgan fingerprint density at radius 3 is 2.80 bits per heavy atom. The highest BCUT2D eigenvalue weighted by Crippen LogP contribution is 2.10. The van der Waals surface area contributed by atoms with Gasteiger partial charge in [-0.25, -0.2) is 4.98 Å². The second-order valence-electron chi connectivity index (χ2n) is 4.50. The van der Waals surface area contributed by atoms with Crippen molar-refractivity contribution in [2.75, 3.05) is 6.54 Å².